The molecule has 1 unspecified atom stereocenters. The summed E-state index contributed by atoms with van der Waals surface area (Å²) < 4.78 is 0. The number of hydrogen-bond acceptors (Lipinski definition) is 1. The topological polar surface area (TPSA) is 29.1 Å². The second kappa shape index (κ2) is 5.87. The molecule has 3 heteroatoms. The van der Waals surface area contributed by atoms with Gasteiger partial charge >= 0.3 is 0 Å². The fraction of sp³-hybridized carbons (Fsp3) is 0.941. The van der Waals surface area contributed by atoms with Gasteiger partial charge in [-0.25, -0.2) is 0 Å². The lowest BCUT2D eigenvalue weighted by atomic mass is 9.49. The Morgan fingerprint density at radius 3 is 2.25 bits per heavy atom. The summed E-state index contributed by atoms with van der Waals surface area (Å²) in [6, 6.07) is 0. The number of rotatable bonds is 6. The smallest absolute Gasteiger partial charge is 0.220 e. The third-order valence-electron chi connectivity index (χ3n) is 5.80. The van der Waals surface area contributed by atoms with E-state index < -0.39 is 0 Å². The number of amides is 1. The van der Waals surface area contributed by atoms with Crippen LogP contribution in [-0.4, -0.2) is 17.8 Å². The highest BCUT2D eigenvalue weighted by atomic mass is 35.5. The van der Waals surface area contributed by atoms with E-state index in [1.165, 1.54) is 38.5 Å². The van der Waals surface area contributed by atoms with E-state index in [1.54, 1.807) is 0 Å². The Hall–Kier alpha value is -0.240. The van der Waals surface area contributed by atoms with Gasteiger partial charge in [0.1, 0.15) is 0 Å². The molecule has 0 heterocycles. The Kier molecular flexibility index (Phi) is 4.31. The minimum Gasteiger partial charge on any atom is -0.356 e. The molecule has 114 valence electrons. The molecule has 4 saturated carbocycles. The van der Waals surface area contributed by atoms with Crippen LogP contribution in [0.25, 0.3) is 0 Å². The van der Waals surface area contributed by atoms with E-state index in [1.807, 2.05) is 6.92 Å². The first-order chi connectivity index (χ1) is 9.55. The van der Waals surface area contributed by atoms with Crippen LogP contribution >= 0.6 is 11.6 Å². The third kappa shape index (κ3) is 3.32. The van der Waals surface area contributed by atoms with E-state index in [-0.39, 0.29) is 11.3 Å². The van der Waals surface area contributed by atoms with Gasteiger partial charge in [-0.2, -0.15) is 0 Å². The largest absolute Gasteiger partial charge is 0.356 e. The molecule has 0 spiro atoms. The monoisotopic (exact) mass is 297 g/mol. The van der Waals surface area contributed by atoms with Crippen molar-refractivity contribution in [2.75, 3.05) is 6.54 Å². The molecule has 0 aromatic carbocycles. The lowest BCUT2D eigenvalue weighted by Crippen LogP contribution is -2.48. The minimum atomic E-state index is 0.218. The molecule has 2 nitrogen and oxygen atoms in total. The van der Waals surface area contributed by atoms with Crippen LogP contribution in [0.15, 0.2) is 0 Å². The highest BCUT2D eigenvalue weighted by Gasteiger charge is 2.51. The number of carbonyl (C=O) groups is 1. The predicted octanol–water partition coefficient (Wildman–Crippen LogP) is 4.12. The number of nitrogens with one attached hydrogen (secondary N) is 1. The molecule has 0 aliphatic heterocycles. The normalized spacial score (nSPS) is 39.8. The first kappa shape index (κ1) is 14.7. The van der Waals surface area contributed by atoms with Gasteiger partial charge in [-0.15, -0.1) is 11.6 Å². The molecule has 0 aromatic heterocycles. The summed E-state index contributed by atoms with van der Waals surface area (Å²) in [5, 5.41) is 3.33. The summed E-state index contributed by atoms with van der Waals surface area (Å²) in [5.41, 5.74) is 0.374. The van der Waals surface area contributed by atoms with Gasteiger partial charge in [-0.1, -0.05) is 0 Å². The SMILES string of the molecule is CC(Cl)CCCNC(=O)CC12CC3CC(CC(C3)C1)C2. The second-order valence-corrected chi connectivity index (χ2v) is 8.61. The Labute approximate surface area is 128 Å². The van der Waals surface area contributed by atoms with E-state index in [4.69, 9.17) is 11.6 Å². The summed E-state index contributed by atoms with van der Waals surface area (Å²) in [5.74, 6) is 3.10. The predicted molar refractivity (Wildman–Crippen MR) is 82.8 cm³/mol. The van der Waals surface area contributed by atoms with Crippen molar-refractivity contribution in [1.82, 2.24) is 5.32 Å². The Morgan fingerprint density at radius 2 is 1.75 bits per heavy atom. The van der Waals surface area contributed by atoms with Crippen molar-refractivity contribution >= 4 is 17.5 Å². The van der Waals surface area contributed by atoms with Crippen LogP contribution in [0.3, 0.4) is 0 Å². The average Bonchev–Trinajstić information content (AvgIpc) is 2.32. The minimum absolute atomic E-state index is 0.218. The highest BCUT2D eigenvalue weighted by molar-refractivity contribution is 6.20. The fourth-order valence-electron chi connectivity index (χ4n) is 5.52. The summed E-state index contributed by atoms with van der Waals surface area (Å²) >= 11 is 5.93. The molecule has 4 aliphatic carbocycles. The number of halogens is 1. The van der Waals surface area contributed by atoms with Crippen molar-refractivity contribution < 1.29 is 4.79 Å². The molecule has 0 saturated heterocycles. The van der Waals surface area contributed by atoms with Crippen molar-refractivity contribution in [2.45, 2.75) is 70.1 Å². The van der Waals surface area contributed by atoms with Gasteiger partial charge in [0.25, 0.3) is 0 Å². The van der Waals surface area contributed by atoms with Crippen LogP contribution in [0, 0.1) is 23.2 Å². The number of alkyl halides is 1. The van der Waals surface area contributed by atoms with Crippen LogP contribution in [0.2, 0.25) is 0 Å². The van der Waals surface area contributed by atoms with E-state index in [0.717, 1.165) is 43.6 Å². The summed E-state index contributed by atoms with van der Waals surface area (Å²) in [6.07, 6.45) is 11.1. The van der Waals surface area contributed by atoms with Gasteiger partial charge in [0.05, 0.1) is 0 Å². The van der Waals surface area contributed by atoms with Crippen LogP contribution in [0.1, 0.15) is 64.7 Å². The van der Waals surface area contributed by atoms with E-state index in [9.17, 15) is 4.79 Å². The molecule has 4 rings (SSSR count). The molecular weight excluding hydrogens is 270 g/mol. The van der Waals surface area contributed by atoms with E-state index in [0.29, 0.717) is 5.41 Å². The van der Waals surface area contributed by atoms with Gasteiger partial charge in [0.15, 0.2) is 0 Å². The van der Waals surface area contributed by atoms with Crippen LogP contribution in [-0.2, 0) is 4.79 Å². The standard InChI is InChI=1S/C17H28ClNO/c1-12(18)3-2-4-19-16(20)11-17-8-13-5-14(9-17)7-15(6-13)10-17/h12-15H,2-11H2,1H3,(H,19,20). The molecule has 4 aliphatic rings. The van der Waals surface area contributed by atoms with Crippen LogP contribution in [0.4, 0.5) is 0 Å². The average molecular weight is 298 g/mol. The van der Waals surface area contributed by atoms with Crippen molar-refractivity contribution in [3.63, 3.8) is 0 Å². The van der Waals surface area contributed by atoms with Gasteiger partial charge in [0.2, 0.25) is 5.91 Å². The maximum Gasteiger partial charge on any atom is 0.220 e. The molecule has 20 heavy (non-hydrogen) atoms. The summed E-state index contributed by atoms with van der Waals surface area (Å²) in [6.45, 7) is 2.81. The maximum absolute atomic E-state index is 12.2. The summed E-state index contributed by atoms with van der Waals surface area (Å²) in [7, 11) is 0. The highest BCUT2D eigenvalue weighted by Crippen LogP contribution is 2.61. The molecule has 4 bridgehead atoms. The van der Waals surface area contributed by atoms with E-state index in [2.05, 4.69) is 5.32 Å². The van der Waals surface area contributed by atoms with Crippen molar-refractivity contribution in [3.8, 4) is 0 Å². The van der Waals surface area contributed by atoms with Crippen molar-refractivity contribution in [3.05, 3.63) is 0 Å². The zero-order chi connectivity index (χ0) is 14.2. The van der Waals surface area contributed by atoms with Gasteiger partial charge in [0, 0.05) is 18.3 Å². The molecule has 1 atom stereocenters. The van der Waals surface area contributed by atoms with Crippen LogP contribution in [0.5, 0.6) is 0 Å². The summed E-state index contributed by atoms with van der Waals surface area (Å²) in [4.78, 5) is 12.2. The quantitative estimate of drug-likeness (QED) is 0.580. The van der Waals surface area contributed by atoms with Gasteiger partial charge in [-0.05, 0) is 81.5 Å². The van der Waals surface area contributed by atoms with Gasteiger partial charge in [-0.3, -0.25) is 4.79 Å². The Balaban J connectivity index is 1.46. The molecule has 1 N–H and O–H groups in total. The van der Waals surface area contributed by atoms with E-state index >= 15 is 0 Å². The van der Waals surface area contributed by atoms with Crippen LogP contribution < -0.4 is 5.32 Å². The molecule has 4 fully saturated rings. The van der Waals surface area contributed by atoms with Crippen molar-refractivity contribution in [2.24, 2.45) is 23.2 Å². The second-order valence-electron chi connectivity index (χ2n) is 7.87. The lowest BCUT2D eigenvalue weighted by molar-refractivity contribution is -0.129. The molecule has 0 radical (unpaired) electrons. The molecule has 1 amide bonds. The number of hydrogen-bond donors (Lipinski definition) is 1. The lowest BCUT2D eigenvalue weighted by Gasteiger charge is -2.56. The first-order valence-corrected chi connectivity index (χ1v) is 8.89. The maximum atomic E-state index is 12.2. The Bertz CT molecular complexity index is 331. The molecular formula is C17H28ClNO. The molecule has 0 aromatic rings. The van der Waals surface area contributed by atoms with Gasteiger partial charge < -0.3 is 5.32 Å². The first-order valence-electron chi connectivity index (χ1n) is 8.45. The van der Waals surface area contributed by atoms with Crippen molar-refractivity contribution in [1.29, 1.82) is 0 Å². The fourth-order valence-corrected chi connectivity index (χ4v) is 5.68. The Morgan fingerprint density at radius 1 is 1.20 bits per heavy atom. The zero-order valence-electron chi connectivity index (χ0n) is 12.7. The number of carbonyl (C=O) groups excluding carboxylic acids is 1. The third-order valence-corrected chi connectivity index (χ3v) is 6.02. The zero-order valence-corrected chi connectivity index (χ0v) is 13.4.